The maximum Gasteiger partial charge on any atom is 0.231 e. The van der Waals surface area contributed by atoms with Gasteiger partial charge in [0.2, 0.25) is 6.79 Å². The Balaban J connectivity index is 1.64. The fourth-order valence-corrected chi connectivity index (χ4v) is 2.26. The molecular weight excluding hydrogens is 266 g/mol. The van der Waals surface area contributed by atoms with Crippen LogP contribution in [0.25, 0.3) is 0 Å². The molecule has 4 nitrogen and oxygen atoms in total. The first-order valence-corrected chi connectivity index (χ1v) is 6.95. The van der Waals surface area contributed by atoms with Crippen molar-refractivity contribution in [1.29, 1.82) is 0 Å². The van der Waals surface area contributed by atoms with Gasteiger partial charge in [0.05, 0.1) is 6.04 Å². The molecule has 1 aliphatic rings. The zero-order chi connectivity index (χ0) is 14.7. The van der Waals surface area contributed by atoms with Crippen LogP contribution < -0.4 is 14.8 Å². The molecule has 0 fully saturated rings. The molecule has 3 rings (SSSR count). The monoisotopic (exact) mass is 283 g/mol. The third kappa shape index (κ3) is 3.06. The van der Waals surface area contributed by atoms with Crippen molar-refractivity contribution in [2.45, 2.75) is 19.5 Å². The summed E-state index contributed by atoms with van der Waals surface area (Å²) >= 11 is 0. The molecular formula is C17H17NO3. The molecule has 0 saturated carbocycles. The molecule has 4 heteroatoms. The molecule has 1 atom stereocenters. The van der Waals surface area contributed by atoms with E-state index in [0.29, 0.717) is 23.6 Å². The van der Waals surface area contributed by atoms with E-state index in [1.54, 1.807) is 18.2 Å². The van der Waals surface area contributed by atoms with Gasteiger partial charge in [-0.15, -0.1) is 0 Å². The summed E-state index contributed by atoms with van der Waals surface area (Å²) in [5, 5.41) is 3.24. The number of benzene rings is 2. The molecule has 0 radical (unpaired) electrons. The van der Waals surface area contributed by atoms with E-state index in [1.165, 1.54) is 0 Å². The molecule has 0 saturated heterocycles. The summed E-state index contributed by atoms with van der Waals surface area (Å²) in [6.07, 6.45) is 0. The minimum absolute atomic E-state index is 0.0456. The van der Waals surface area contributed by atoms with Crippen LogP contribution in [0.15, 0.2) is 48.5 Å². The molecule has 1 N–H and O–H groups in total. The highest BCUT2D eigenvalue weighted by Crippen LogP contribution is 2.32. The van der Waals surface area contributed by atoms with Crippen molar-refractivity contribution in [3.05, 3.63) is 59.7 Å². The van der Waals surface area contributed by atoms with Crippen molar-refractivity contribution in [2.75, 3.05) is 6.79 Å². The zero-order valence-corrected chi connectivity index (χ0v) is 11.8. The normalized spacial score (nSPS) is 14.0. The van der Waals surface area contributed by atoms with Gasteiger partial charge in [0.1, 0.15) is 0 Å². The average Bonchev–Trinajstić information content (AvgIpc) is 3.00. The number of nitrogens with one attached hydrogen (secondary N) is 1. The number of hydrogen-bond donors (Lipinski definition) is 1. The summed E-state index contributed by atoms with van der Waals surface area (Å²) in [5.41, 5.74) is 1.79. The average molecular weight is 283 g/mol. The highest BCUT2D eigenvalue weighted by atomic mass is 16.7. The van der Waals surface area contributed by atoms with Crippen LogP contribution in [0, 0.1) is 0 Å². The molecule has 21 heavy (non-hydrogen) atoms. The molecule has 108 valence electrons. The van der Waals surface area contributed by atoms with E-state index in [-0.39, 0.29) is 18.6 Å². The number of rotatable bonds is 5. The number of fused-ring (bicyclic) bond motifs is 1. The third-order valence-corrected chi connectivity index (χ3v) is 3.51. The standard InChI is InChI=1S/C17H17NO3/c1-12(18-10-13-5-3-2-4-6-13)17(19)14-7-8-15-16(9-14)21-11-20-15/h2-9,12,18H,10-11H2,1H3. The van der Waals surface area contributed by atoms with E-state index in [2.05, 4.69) is 5.32 Å². The minimum Gasteiger partial charge on any atom is -0.454 e. The Hall–Kier alpha value is -2.33. The first-order chi connectivity index (χ1) is 10.2. The van der Waals surface area contributed by atoms with Crippen LogP contribution in [0.4, 0.5) is 0 Å². The SMILES string of the molecule is CC(NCc1ccccc1)C(=O)c1ccc2c(c1)OCO2. The predicted molar refractivity (Wildman–Crippen MR) is 79.6 cm³/mol. The summed E-state index contributed by atoms with van der Waals surface area (Å²) in [7, 11) is 0. The topological polar surface area (TPSA) is 47.6 Å². The van der Waals surface area contributed by atoms with Gasteiger partial charge in [0, 0.05) is 12.1 Å². The van der Waals surface area contributed by atoms with Crippen LogP contribution in [-0.4, -0.2) is 18.6 Å². The van der Waals surface area contributed by atoms with Crippen LogP contribution in [-0.2, 0) is 6.54 Å². The van der Waals surface area contributed by atoms with Crippen molar-refractivity contribution in [3.63, 3.8) is 0 Å². The fraction of sp³-hybridized carbons (Fsp3) is 0.235. The Labute approximate surface area is 123 Å². The maximum atomic E-state index is 12.4. The van der Waals surface area contributed by atoms with Gasteiger partial charge in [-0.2, -0.15) is 0 Å². The Bertz CT molecular complexity index is 640. The zero-order valence-electron chi connectivity index (χ0n) is 11.8. The number of carbonyl (C=O) groups excluding carboxylic acids is 1. The van der Waals surface area contributed by atoms with Crippen LogP contribution in [0.5, 0.6) is 11.5 Å². The molecule has 2 aromatic carbocycles. The summed E-state index contributed by atoms with van der Waals surface area (Å²) in [6, 6.07) is 15.1. The van der Waals surface area contributed by atoms with Gasteiger partial charge in [-0.25, -0.2) is 0 Å². The number of Topliss-reactive ketones (excluding diaryl/α,β-unsaturated/α-hetero) is 1. The smallest absolute Gasteiger partial charge is 0.231 e. The number of carbonyl (C=O) groups is 1. The lowest BCUT2D eigenvalue weighted by atomic mass is 10.0. The van der Waals surface area contributed by atoms with Crippen LogP contribution in [0.1, 0.15) is 22.8 Å². The van der Waals surface area contributed by atoms with Gasteiger partial charge >= 0.3 is 0 Å². The quantitative estimate of drug-likeness (QED) is 0.857. The Kier molecular flexibility index (Phi) is 3.88. The molecule has 1 heterocycles. The van der Waals surface area contributed by atoms with Crippen molar-refractivity contribution < 1.29 is 14.3 Å². The molecule has 0 aromatic heterocycles. The first kappa shape index (κ1) is 13.6. The fourth-order valence-electron chi connectivity index (χ4n) is 2.26. The Morgan fingerprint density at radius 2 is 1.90 bits per heavy atom. The van der Waals surface area contributed by atoms with Crippen LogP contribution >= 0.6 is 0 Å². The molecule has 1 aliphatic heterocycles. The third-order valence-electron chi connectivity index (χ3n) is 3.51. The van der Waals surface area contributed by atoms with Crippen LogP contribution in [0.3, 0.4) is 0 Å². The second kappa shape index (κ2) is 5.97. The van der Waals surface area contributed by atoms with Crippen molar-refractivity contribution >= 4 is 5.78 Å². The molecule has 0 spiro atoms. The number of ketones is 1. The molecule has 0 bridgehead atoms. The van der Waals surface area contributed by atoms with Crippen LogP contribution in [0.2, 0.25) is 0 Å². The van der Waals surface area contributed by atoms with E-state index in [0.717, 1.165) is 5.56 Å². The van der Waals surface area contributed by atoms with E-state index in [4.69, 9.17) is 9.47 Å². The second-order valence-corrected chi connectivity index (χ2v) is 5.02. The van der Waals surface area contributed by atoms with Gasteiger partial charge in [-0.1, -0.05) is 30.3 Å². The van der Waals surface area contributed by atoms with Crippen molar-refractivity contribution in [3.8, 4) is 11.5 Å². The van der Waals surface area contributed by atoms with Gasteiger partial charge in [-0.05, 0) is 30.7 Å². The molecule has 0 amide bonds. The van der Waals surface area contributed by atoms with E-state index in [1.807, 2.05) is 37.3 Å². The van der Waals surface area contributed by atoms with Crippen molar-refractivity contribution in [2.24, 2.45) is 0 Å². The van der Waals surface area contributed by atoms with E-state index >= 15 is 0 Å². The highest BCUT2D eigenvalue weighted by molar-refractivity contribution is 6.00. The lowest BCUT2D eigenvalue weighted by molar-refractivity contribution is 0.0950. The van der Waals surface area contributed by atoms with Gasteiger partial charge in [0.25, 0.3) is 0 Å². The summed E-state index contributed by atoms with van der Waals surface area (Å²) in [5.74, 6) is 1.37. The Morgan fingerprint density at radius 1 is 1.14 bits per heavy atom. The largest absolute Gasteiger partial charge is 0.454 e. The summed E-state index contributed by atoms with van der Waals surface area (Å²) in [4.78, 5) is 12.4. The maximum absolute atomic E-state index is 12.4. The predicted octanol–water partition coefficient (Wildman–Crippen LogP) is 2.78. The second-order valence-electron chi connectivity index (χ2n) is 5.02. The number of hydrogen-bond acceptors (Lipinski definition) is 4. The highest BCUT2D eigenvalue weighted by Gasteiger charge is 2.19. The van der Waals surface area contributed by atoms with E-state index in [9.17, 15) is 4.79 Å². The minimum atomic E-state index is -0.259. The lowest BCUT2D eigenvalue weighted by Crippen LogP contribution is -2.33. The van der Waals surface area contributed by atoms with Gasteiger partial charge < -0.3 is 14.8 Å². The van der Waals surface area contributed by atoms with E-state index < -0.39 is 0 Å². The van der Waals surface area contributed by atoms with Gasteiger partial charge in [0.15, 0.2) is 17.3 Å². The molecule has 2 aromatic rings. The van der Waals surface area contributed by atoms with Gasteiger partial charge in [-0.3, -0.25) is 4.79 Å². The molecule has 0 aliphatic carbocycles. The molecule has 1 unspecified atom stereocenters. The lowest BCUT2D eigenvalue weighted by Gasteiger charge is -2.13. The number of ether oxygens (including phenoxy) is 2. The van der Waals surface area contributed by atoms with Crippen molar-refractivity contribution in [1.82, 2.24) is 5.32 Å². The summed E-state index contributed by atoms with van der Waals surface area (Å²) in [6.45, 7) is 2.75. The summed E-state index contributed by atoms with van der Waals surface area (Å²) < 4.78 is 10.6. The first-order valence-electron chi connectivity index (χ1n) is 6.95. The Morgan fingerprint density at radius 3 is 2.71 bits per heavy atom.